The fourth-order valence-electron chi connectivity index (χ4n) is 2.28. The van der Waals surface area contributed by atoms with Crippen LogP contribution in [0.25, 0.3) is 0 Å². The molecular weight excluding hydrogens is 309 g/mol. The van der Waals surface area contributed by atoms with Crippen LogP contribution in [0.5, 0.6) is 11.5 Å². The van der Waals surface area contributed by atoms with Gasteiger partial charge in [0.1, 0.15) is 23.9 Å². The Morgan fingerprint density at radius 1 is 1.12 bits per heavy atom. The highest BCUT2D eigenvalue weighted by Crippen LogP contribution is 2.16. The largest absolute Gasteiger partial charge is 0.497 e. The number of hydrogen-bond acceptors (Lipinski definition) is 3. The lowest BCUT2D eigenvalue weighted by atomic mass is 10.00. The van der Waals surface area contributed by atoms with E-state index >= 15 is 0 Å². The van der Waals surface area contributed by atoms with E-state index < -0.39 is 0 Å². The van der Waals surface area contributed by atoms with Crippen LogP contribution < -0.4 is 14.8 Å². The molecule has 0 aliphatic heterocycles. The van der Waals surface area contributed by atoms with Crippen molar-refractivity contribution < 1.29 is 18.7 Å². The molecule has 1 amide bonds. The SMILES string of the molecule is COc1ccc(OCCNC(=O)C(C)Cc2ccccc2F)cc1. The van der Waals surface area contributed by atoms with Crippen molar-refractivity contribution in [2.75, 3.05) is 20.3 Å². The highest BCUT2D eigenvalue weighted by atomic mass is 19.1. The van der Waals surface area contributed by atoms with Crippen molar-refractivity contribution in [1.29, 1.82) is 0 Å². The van der Waals surface area contributed by atoms with Crippen LogP contribution in [0.15, 0.2) is 48.5 Å². The van der Waals surface area contributed by atoms with Gasteiger partial charge in [-0.3, -0.25) is 4.79 Å². The van der Waals surface area contributed by atoms with Crippen molar-refractivity contribution >= 4 is 5.91 Å². The molecule has 128 valence electrons. The molecule has 0 bridgehead atoms. The van der Waals surface area contributed by atoms with Crippen LogP contribution in [0, 0.1) is 11.7 Å². The van der Waals surface area contributed by atoms with E-state index in [1.807, 2.05) is 24.3 Å². The molecule has 2 aromatic rings. The Bertz CT molecular complexity index is 658. The third-order valence-corrected chi connectivity index (χ3v) is 3.66. The Kier molecular flexibility index (Phi) is 6.61. The number of carbonyl (C=O) groups is 1. The molecule has 24 heavy (non-hydrogen) atoms. The normalized spacial score (nSPS) is 11.6. The molecule has 2 rings (SSSR count). The predicted octanol–water partition coefficient (Wildman–Crippen LogP) is 3.21. The smallest absolute Gasteiger partial charge is 0.223 e. The van der Waals surface area contributed by atoms with Gasteiger partial charge in [0, 0.05) is 5.92 Å². The number of hydrogen-bond donors (Lipinski definition) is 1. The van der Waals surface area contributed by atoms with Crippen LogP contribution in [0.3, 0.4) is 0 Å². The fourth-order valence-corrected chi connectivity index (χ4v) is 2.28. The molecule has 0 saturated heterocycles. The van der Waals surface area contributed by atoms with E-state index in [0.717, 1.165) is 5.75 Å². The van der Waals surface area contributed by atoms with Gasteiger partial charge in [-0.1, -0.05) is 25.1 Å². The fraction of sp³-hybridized carbons (Fsp3) is 0.316. The Balaban J connectivity index is 1.71. The maximum absolute atomic E-state index is 13.6. The summed E-state index contributed by atoms with van der Waals surface area (Å²) < 4.78 is 24.2. The number of rotatable bonds is 8. The lowest BCUT2D eigenvalue weighted by Crippen LogP contribution is -2.33. The van der Waals surface area contributed by atoms with Gasteiger partial charge in [0.25, 0.3) is 0 Å². The van der Waals surface area contributed by atoms with Gasteiger partial charge in [-0.25, -0.2) is 4.39 Å². The molecule has 0 radical (unpaired) electrons. The first-order valence-electron chi connectivity index (χ1n) is 7.88. The van der Waals surface area contributed by atoms with Gasteiger partial charge in [0.2, 0.25) is 5.91 Å². The number of carbonyl (C=O) groups excluding carboxylic acids is 1. The van der Waals surface area contributed by atoms with Gasteiger partial charge in [-0.2, -0.15) is 0 Å². The lowest BCUT2D eigenvalue weighted by Gasteiger charge is -2.13. The second-order valence-electron chi connectivity index (χ2n) is 5.51. The number of ether oxygens (including phenoxy) is 2. The Morgan fingerprint density at radius 3 is 2.46 bits per heavy atom. The van der Waals surface area contributed by atoms with Gasteiger partial charge >= 0.3 is 0 Å². The molecule has 0 aliphatic rings. The molecule has 5 heteroatoms. The summed E-state index contributed by atoms with van der Waals surface area (Å²) in [6.07, 6.45) is 0.373. The number of amides is 1. The molecule has 0 fully saturated rings. The number of methoxy groups -OCH3 is 1. The second-order valence-corrected chi connectivity index (χ2v) is 5.51. The summed E-state index contributed by atoms with van der Waals surface area (Å²) in [7, 11) is 1.61. The Morgan fingerprint density at radius 2 is 1.79 bits per heavy atom. The van der Waals surface area contributed by atoms with Crippen molar-refractivity contribution in [3.8, 4) is 11.5 Å². The molecule has 2 aromatic carbocycles. The summed E-state index contributed by atoms with van der Waals surface area (Å²) in [6.45, 7) is 2.54. The molecule has 1 unspecified atom stereocenters. The zero-order chi connectivity index (χ0) is 17.4. The van der Waals surface area contributed by atoms with Crippen LogP contribution in [0.4, 0.5) is 4.39 Å². The van der Waals surface area contributed by atoms with E-state index in [1.54, 1.807) is 32.2 Å². The summed E-state index contributed by atoms with van der Waals surface area (Å²) >= 11 is 0. The molecule has 0 aliphatic carbocycles. The molecular formula is C19H22FNO3. The van der Waals surface area contributed by atoms with Gasteiger partial charge in [0.15, 0.2) is 0 Å². The van der Waals surface area contributed by atoms with Crippen LogP contribution in [-0.4, -0.2) is 26.2 Å². The first-order valence-corrected chi connectivity index (χ1v) is 7.88. The minimum Gasteiger partial charge on any atom is -0.497 e. The van der Waals surface area contributed by atoms with E-state index in [0.29, 0.717) is 30.9 Å². The van der Waals surface area contributed by atoms with E-state index in [1.165, 1.54) is 6.07 Å². The van der Waals surface area contributed by atoms with Gasteiger partial charge < -0.3 is 14.8 Å². The molecule has 1 N–H and O–H groups in total. The van der Waals surface area contributed by atoms with E-state index in [4.69, 9.17) is 9.47 Å². The van der Waals surface area contributed by atoms with E-state index in [2.05, 4.69) is 5.32 Å². The first kappa shape index (κ1) is 17.8. The second kappa shape index (κ2) is 8.91. The van der Waals surface area contributed by atoms with Gasteiger partial charge in [-0.15, -0.1) is 0 Å². The first-order chi connectivity index (χ1) is 11.6. The maximum atomic E-state index is 13.6. The van der Waals surface area contributed by atoms with Crippen LogP contribution in [0.2, 0.25) is 0 Å². The van der Waals surface area contributed by atoms with Gasteiger partial charge in [-0.05, 0) is 42.3 Å². The quantitative estimate of drug-likeness (QED) is 0.756. The summed E-state index contributed by atoms with van der Waals surface area (Å²) in [5.41, 5.74) is 0.551. The highest BCUT2D eigenvalue weighted by Gasteiger charge is 2.14. The predicted molar refractivity (Wildman–Crippen MR) is 90.8 cm³/mol. The van der Waals surface area contributed by atoms with E-state index in [9.17, 15) is 9.18 Å². The topological polar surface area (TPSA) is 47.6 Å². The Hall–Kier alpha value is -2.56. The molecule has 0 spiro atoms. The van der Waals surface area contributed by atoms with Crippen LogP contribution in [0.1, 0.15) is 12.5 Å². The molecule has 0 heterocycles. The number of nitrogens with one attached hydrogen (secondary N) is 1. The third-order valence-electron chi connectivity index (χ3n) is 3.66. The summed E-state index contributed by atoms with van der Waals surface area (Å²) in [4.78, 5) is 12.0. The van der Waals surface area contributed by atoms with Crippen molar-refractivity contribution in [3.05, 3.63) is 59.9 Å². The molecule has 1 atom stereocenters. The molecule has 0 saturated carbocycles. The standard InChI is InChI=1S/C19H22FNO3/c1-14(13-15-5-3-4-6-18(15)20)19(22)21-11-12-24-17-9-7-16(23-2)8-10-17/h3-10,14H,11-13H2,1-2H3,(H,21,22). The number of halogens is 1. The maximum Gasteiger partial charge on any atom is 0.223 e. The monoisotopic (exact) mass is 331 g/mol. The van der Waals surface area contributed by atoms with Crippen LogP contribution >= 0.6 is 0 Å². The van der Waals surface area contributed by atoms with Crippen molar-refractivity contribution in [2.45, 2.75) is 13.3 Å². The van der Waals surface area contributed by atoms with Crippen molar-refractivity contribution in [3.63, 3.8) is 0 Å². The Labute approximate surface area is 141 Å². The average Bonchev–Trinajstić information content (AvgIpc) is 2.61. The lowest BCUT2D eigenvalue weighted by molar-refractivity contribution is -0.124. The van der Waals surface area contributed by atoms with E-state index in [-0.39, 0.29) is 17.6 Å². The summed E-state index contributed by atoms with van der Waals surface area (Å²) in [6, 6.07) is 13.7. The minimum atomic E-state index is -0.303. The zero-order valence-electron chi connectivity index (χ0n) is 13.9. The van der Waals surface area contributed by atoms with Gasteiger partial charge in [0.05, 0.1) is 13.7 Å². The highest BCUT2D eigenvalue weighted by molar-refractivity contribution is 5.78. The van der Waals surface area contributed by atoms with Crippen molar-refractivity contribution in [1.82, 2.24) is 5.32 Å². The molecule has 0 aromatic heterocycles. The van der Waals surface area contributed by atoms with Crippen LogP contribution in [-0.2, 0) is 11.2 Å². The third kappa shape index (κ3) is 5.26. The minimum absolute atomic E-state index is 0.114. The average molecular weight is 331 g/mol. The number of benzene rings is 2. The summed E-state index contributed by atoms with van der Waals surface area (Å²) in [5.74, 6) is 0.779. The van der Waals surface area contributed by atoms with Crippen molar-refractivity contribution in [2.24, 2.45) is 5.92 Å². The molecule has 4 nitrogen and oxygen atoms in total. The summed E-state index contributed by atoms with van der Waals surface area (Å²) in [5, 5.41) is 2.80. The zero-order valence-corrected chi connectivity index (χ0v) is 13.9.